The van der Waals surface area contributed by atoms with Gasteiger partial charge in [0.15, 0.2) is 0 Å². The first-order chi connectivity index (χ1) is 9.38. The predicted molar refractivity (Wildman–Crippen MR) is 83.1 cm³/mol. The minimum atomic E-state index is -0.891. The molecule has 1 heterocycles. The van der Waals surface area contributed by atoms with E-state index in [9.17, 15) is 4.79 Å². The number of carboxylic acids is 1. The number of benzene rings is 1. The lowest BCUT2D eigenvalue weighted by molar-refractivity contribution is -0.131. The lowest BCUT2D eigenvalue weighted by Gasteiger charge is -2.38. The summed E-state index contributed by atoms with van der Waals surface area (Å²) in [4.78, 5) is 13.2. The molecule has 1 aliphatic rings. The van der Waals surface area contributed by atoms with Crippen LogP contribution in [0, 0.1) is 5.92 Å². The molecule has 3 heteroatoms. The molecule has 0 bridgehead atoms. The summed E-state index contributed by atoms with van der Waals surface area (Å²) < 4.78 is 0. The first-order valence-electron chi connectivity index (χ1n) is 7.19. The van der Waals surface area contributed by atoms with Crippen LogP contribution in [0.15, 0.2) is 24.3 Å². The standard InChI is InChI=1S/C17H23NO2/c1-11(2)18-10-12(3)7-15-9-14(5-6-16(15)18)13(4)8-17(19)20/h5-6,8-9,11-12H,7,10H2,1-4H3,(H,19,20)/b13-8-. The highest BCUT2D eigenvalue weighted by Crippen LogP contribution is 2.33. The van der Waals surface area contributed by atoms with Crippen LogP contribution in [0.25, 0.3) is 5.57 Å². The minimum absolute atomic E-state index is 0.484. The molecule has 0 amide bonds. The Morgan fingerprint density at radius 2 is 2.15 bits per heavy atom. The van der Waals surface area contributed by atoms with Gasteiger partial charge < -0.3 is 10.0 Å². The number of hydrogen-bond acceptors (Lipinski definition) is 2. The van der Waals surface area contributed by atoms with E-state index < -0.39 is 5.97 Å². The summed E-state index contributed by atoms with van der Waals surface area (Å²) in [5.74, 6) is -0.263. The van der Waals surface area contributed by atoms with E-state index in [2.05, 4.69) is 37.8 Å². The van der Waals surface area contributed by atoms with E-state index in [0.29, 0.717) is 12.0 Å². The molecular weight excluding hydrogens is 250 g/mol. The van der Waals surface area contributed by atoms with E-state index in [0.717, 1.165) is 24.1 Å². The van der Waals surface area contributed by atoms with E-state index in [1.807, 2.05) is 13.0 Å². The topological polar surface area (TPSA) is 40.5 Å². The van der Waals surface area contributed by atoms with Gasteiger partial charge in [0, 0.05) is 24.4 Å². The number of nitrogens with zero attached hydrogens (tertiary/aromatic N) is 1. The van der Waals surface area contributed by atoms with Crippen LogP contribution in [0.5, 0.6) is 0 Å². The van der Waals surface area contributed by atoms with Crippen molar-refractivity contribution in [2.75, 3.05) is 11.4 Å². The highest BCUT2D eigenvalue weighted by Gasteiger charge is 2.23. The largest absolute Gasteiger partial charge is 0.478 e. The quantitative estimate of drug-likeness (QED) is 0.856. The number of aliphatic carboxylic acids is 1. The molecule has 3 nitrogen and oxygen atoms in total. The zero-order valence-corrected chi connectivity index (χ0v) is 12.7. The second-order valence-electron chi connectivity index (χ2n) is 6.06. The van der Waals surface area contributed by atoms with Crippen molar-refractivity contribution in [3.05, 3.63) is 35.4 Å². The van der Waals surface area contributed by atoms with Crippen molar-refractivity contribution in [3.63, 3.8) is 0 Å². The van der Waals surface area contributed by atoms with Crippen molar-refractivity contribution in [2.45, 2.75) is 40.2 Å². The molecule has 0 aromatic heterocycles. The molecule has 0 fully saturated rings. The fourth-order valence-corrected chi connectivity index (χ4v) is 2.91. The summed E-state index contributed by atoms with van der Waals surface area (Å²) in [7, 11) is 0. The first-order valence-corrected chi connectivity index (χ1v) is 7.19. The molecule has 1 aliphatic heterocycles. The minimum Gasteiger partial charge on any atom is -0.478 e. The Morgan fingerprint density at radius 3 is 2.75 bits per heavy atom. The van der Waals surface area contributed by atoms with Crippen LogP contribution in [0.3, 0.4) is 0 Å². The highest BCUT2D eigenvalue weighted by atomic mass is 16.4. The predicted octanol–water partition coefficient (Wildman–Crippen LogP) is 3.58. The molecule has 0 saturated heterocycles. The number of allylic oxidation sites excluding steroid dienone is 1. The van der Waals surface area contributed by atoms with Crippen LogP contribution < -0.4 is 4.90 Å². The Balaban J connectivity index is 2.40. The third-order valence-corrected chi connectivity index (χ3v) is 3.88. The van der Waals surface area contributed by atoms with Crippen LogP contribution >= 0.6 is 0 Å². The van der Waals surface area contributed by atoms with Gasteiger partial charge in [0.2, 0.25) is 0 Å². The molecule has 0 saturated carbocycles. The van der Waals surface area contributed by atoms with Crippen LogP contribution in [0.2, 0.25) is 0 Å². The lowest BCUT2D eigenvalue weighted by atomic mass is 9.90. The van der Waals surface area contributed by atoms with E-state index in [1.54, 1.807) is 0 Å². The van der Waals surface area contributed by atoms with Gasteiger partial charge in [0.25, 0.3) is 0 Å². The van der Waals surface area contributed by atoms with Crippen molar-refractivity contribution in [1.29, 1.82) is 0 Å². The molecule has 1 aromatic carbocycles. The fraction of sp³-hybridized carbons (Fsp3) is 0.471. The van der Waals surface area contributed by atoms with Gasteiger partial charge >= 0.3 is 5.97 Å². The molecule has 108 valence electrons. The van der Waals surface area contributed by atoms with Gasteiger partial charge in [-0.15, -0.1) is 0 Å². The molecule has 1 aromatic rings. The maximum absolute atomic E-state index is 10.8. The number of carboxylic acid groups (broad SMARTS) is 1. The number of anilines is 1. The van der Waals surface area contributed by atoms with Crippen molar-refractivity contribution in [1.82, 2.24) is 0 Å². The van der Waals surface area contributed by atoms with Gasteiger partial charge in [-0.1, -0.05) is 13.0 Å². The Hall–Kier alpha value is -1.77. The Kier molecular flexibility index (Phi) is 4.17. The van der Waals surface area contributed by atoms with E-state index in [1.165, 1.54) is 17.3 Å². The average Bonchev–Trinajstić information content (AvgIpc) is 2.35. The maximum Gasteiger partial charge on any atom is 0.328 e. The SMILES string of the molecule is C/C(=C/C(=O)O)c1ccc2c(c1)CC(C)CN2C(C)C. The average molecular weight is 273 g/mol. The summed E-state index contributed by atoms with van der Waals surface area (Å²) in [5, 5.41) is 8.86. The van der Waals surface area contributed by atoms with Gasteiger partial charge in [-0.25, -0.2) is 4.79 Å². The third kappa shape index (κ3) is 3.03. The molecule has 0 aliphatic carbocycles. The molecule has 0 radical (unpaired) electrons. The van der Waals surface area contributed by atoms with Gasteiger partial charge in [0.05, 0.1) is 0 Å². The zero-order valence-electron chi connectivity index (χ0n) is 12.7. The monoisotopic (exact) mass is 273 g/mol. The second-order valence-corrected chi connectivity index (χ2v) is 6.06. The van der Waals surface area contributed by atoms with Crippen molar-refractivity contribution in [2.24, 2.45) is 5.92 Å². The summed E-state index contributed by atoms with van der Waals surface area (Å²) in [6.45, 7) is 9.64. The van der Waals surface area contributed by atoms with Crippen LogP contribution in [0.4, 0.5) is 5.69 Å². The van der Waals surface area contributed by atoms with Gasteiger partial charge in [-0.2, -0.15) is 0 Å². The van der Waals surface area contributed by atoms with Crippen molar-refractivity contribution < 1.29 is 9.90 Å². The maximum atomic E-state index is 10.8. The molecule has 1 N–H and O–H groups in total. The Bertz CT molecular complexity index is 546. The molecule has 20 heavy (non-hydrogen) atoms. The summed E-state index contributed by atoms with van der Waals surface area (Å²) in [5.41, 5.74) is 4.43. The molecule has 1 atom stereocenters. The van der Waals surface area contributed by atoms with Gasteiger partial charge in [-0.3, -0.25) is 0 Å². The zero-order chi connectivity index (χ0) is 14.9. The van der Waals surface area contributed by atoms with Gasteiger partial charge in [0.1, 0.15) is 0 Å². The van der Waals surface area contributed by atoms with Crippen LogP contribution in [-0.2, 0) is 11.2 Å². The van der Waals surface area contributed by atoms with Crippen LogP contribution in [0.1, 0.15) is 38.8 Å². The number of fused-ring (bicyclic) bond motifs is 1. The molecular formula is C17H23NO2. The summed E-state index contributed by atoms with van der Waals surface area (Å²) >= 11 is 0. The smallest absolute Gasteiger partial charge is 0.328 e. The number of hydrogen-bond donors (Lipinski definition) is 1. The molecule has 0 spiro atoms. The van der Waals surface area contributed by atoms with E-state index in [4.69, 9.17) is 5.11 Å². The first kappa shape index (κ1) is 14.6. The van der Waals surface area contributed by atoms with Gasteiger partial charge in [-0.05, 0) is 61.9 Å². The van der Waals surface area contributed by atoms with E-state index >= 15 is 0 Å². The fourth-order valence-electron chi connectivity index (χ4n) is 2.91. The normalized spacial score (nSPS) is 19.1. The van der Waals surface area contributed by atoms with Crippen molar-refractivity contribution in [3.8, 4) is 0 Å². The highest BCUT2D eigenvalue weighted by molar-refractivity contribution is 5.89. The summed E-state index contributed by atoms with van der Waals surface area (Å²) in [6.07, 6.45) is 2.33. The van der Waals surface area contributed by atoms with E-state index in [-0.39, 0.29) is 0 Å². The summed E-state index contributed by atoms with van der Waals surface area (Å²) in [6, 6.07) is 6.79. The van der Waals surface area contributed by atoms with Crippen LogP contribution in [-0.4, -0.2) is 23.7 Å². The van der Waals surface area contributed by atoms with Crippen molar-refractivity contribution >= 4 is 17.2 Å². The number of rotatable bonds is 3. The number of carbonyl (C=O) groups is 1. The molecule has 1 unspecified atom stereocenters. The third-order valence-electron chi connectivity index (χ3n) is 3.88. The molecule has 2 rings (SSSR count). The lowest BCUT2D eigenvalue weighted by Crippen LogP contribution is -2.39. The second kappa shape index (κ2) is 5.70. The Labute approximate surface area is 120 Å². The Morgan fingerprint density at radius 1 is 1.45 bits per heavy atom.